The van der Waals surface area contributed by atoms with E-state index >= 15 is 0 Å². The summed E-state index contributed by atoms with van der Waals surface area (Å²) in [5.41, 5.74) is 1.50. The van der Waals surface area contributed by atoms with E-state index in [9.17, 15) is 8.42 Å². The van der Waals surface area contributed by atoms with Gasteiger partial charge < -0.3 is 19.7 Å². The molecule has 0 amide bonds. The van der Waals surface area contributed by atoms with E-state index < -0.39 is 15.6 Å². The van der Waals surface area contributed by atoms with Crippen molar-refractivity contribution in [3.05, 3.63) is 23.3 Å². The first kappa shape index (κ1) is 26.7. The third-order valence-electron chi connectivity index (χ3n) is 3.97. The molecule has 0 fully saturated rings. The summed E-state index contributed by atoms with van der Waals surface area (Å²) in [6.07, 6.45) is 1.15. The lowest BCUT2D eigenvalue weighted by Crippen LogP contribution is -2.53. The Hall–Kier alpha value is -1.27. The van der Waals surface area contributed by atoms with Gasteiger partial charge in [-0.05, 0) is 44.0 Å². The van der Waals surface area contributed by atoms with Gasteiger partial charge in [0.1, 0.15) is 0 Å². The van der Waals surface area contributed by atoms with Crippen LogP contribution < -0.4 is 19.5 Å². The number of rotatable bonds is 8. The molecule has 0 atom stereocenters. The number of hydrogen-bond donors (Lipinski definition) is 2. The zero-order valence-electron chi connectivity index (χ0n) is 17.9. The van der Waals surface area contributed by atoms with Gasteiger partial charge in [0.2, 0.25) is 10.0 Å². The van der Waals surface area contributed by atoms with Gasteiger partial charge in [0.05, 0.1) is 20.5 Å². The maximum Gasteiger partial charge on any atom is 0.209 e. The molecule has 162 valence electrons. The molecule has 0 heterocycles. The largest absolute Gasteiger partial charge is 0.493 e. The Bertz CT molecular complexity index is 782. The van der Waals surface area contributed by atoms with E-state index in [2.05, 4.69) is 15.0 Å². The Morgan fingerprint density at radius 2 is 1.75 bits per heavy atom. The van der Waals surface area contributed by atoms with Crippen LogP contribution in [0.3, 0.4) is 0 Å². The third-order valence-corrected chi connectivity index (χ3v) is 4.90. The van der Waals surface area contributed by atoms with Crippen LogP contribution in [0.25, 0.3) is 0 Å². The standard InChI is InChI=1S/C18H32N4O4S.HI/c1-13-9-15(25-6)16(26-7)10-14(13)11-22(5)17(19-4)20-12-18(2,3)21-27(8,23)24;/h9-10,21H,11-12H2,1-8H3,(H,19,20);1H. The van der Waals surface area contributed by atoms with Crippen molar-refractivity contribution in [2.24, 2.45) is 4.99 Å². The summed E-state index contributed by atoms with van der Waals surface area (Å²) in [4.78, 5) is 6.25. The van der Waals surface area contributed by atoms with Crippen LogP contribution in [-0.2, 0) is 16.6 Å². The van der Waals surface area contributed by atoms with Crippen molar-refractivity contribution >= 4 is 40.0 Å². The minimum Gasteiger partial charge on any atom is -0.493 e. The average Bonchev–Trinajstić information content (AvgIpc) is 2.54. The molecule has 0 bridgehead atoms. The van der Waals surface area contributed by atoms with Crippen molar-refractivity contribution in [2.75, 3.05) is 41.1 Å². The fraction of sp³-hybridized carbons (Fsp3) is 0.611. The van der Waals surface area contributed by atoms with Gasteiger partial charge in [0.15, 0.2) is 17.5 Å². The lowest BCUT2D eigenvalue weighted by atomic mass is 10.1. The Balaban J connectivity index is 0.00000729. The smallest absolute Gasteiger partial charge is 0.209 e. The van der Waals surface area contributed by atoms with Crippen LogP contribution in [-0.4, -0.2) is 65.9 Å². The van der Waals surface area contributed by atoms with Crippen molar-refractivity contribution in [2.45, 2.75) is 32.9 Å². The second-order valence-electron chi connectivity index (χ2n) is 7.15. The number of ether oxygens (including phenoxy) is 2. The summed E-state index contributed by atoms with van der Waals surface area (Å²) < 4.78 is 36.3. The summed E-state index contributed by atoms with van der Waals surface area (Å²) in [6.45, 7) is 6.63. The van der Waals surface area contributed by atoms with Gasteiger partial charge in [-0.15, -0.1) is 24.0 Å². The van der Waals surface area contributed by atoms with Gasteiger partial charge in [-0.3, -0.25) is 4.99 Å². The number of methoxy groups -OCH3 is 2. The highest BCUT2D eigenvalue weighted by molar-refractivity contribution is 14.0. The molecular weight excluding hydrogens is 495 g/mol. The van der Waals surface area contributed by atoms with E-state index in [0.717, 1.165) is 17.4 Å². The van der Waals surface area contributed by atoms with Crippen LogP contribution in [0.2, 0.25) is 0 Å². The van der Waals surface area contributed by atoms with E-state index in [1.54, 1.807) is 21.3 Å². The van der Waals surface area contributed by atoms with E-state index in [4.69, 9.17) is 9.47 Å². The fourth-order valence-corrected chi connectivity index (χ4v) is 3.82. The Kier molecular flexibility index (Phi) is 10.6. The normalized spacial score (nSPS) is 12.2. The van der Waals surface area contributed by atoms with Crippen molar-refractivity contribution in [1.82, 2.24) is 14.9 Å². The summed E-state index contributed by atoms with van der Waals surface area (Å²) >= 11 is 0. The number of sulfonamides is 1. The van der Waals surface area contributed by atoms with Crippen LogP contribution in [0.4, 0.5) is 0 Å². The highest BCUT2D eigenvalue weighted by atomic mass is 127. The number of nitrogens with zero attached hydrogens (tertiary/aromatic N) is 2. The van der Waals surface area contributed by atoms with Gasteiger partial charge in [-0.1, -0.05) is 0 Å². The molecule has 0 saturated heterocycles. The number of halogens is 1. The predicted molar refractivity (Wildman–Crippen MR) is 125 cm³/mol. The minimum absolute atomic E-state index is 0. The third kappa shape index (κ3) is 8.39. The second-order valence-corrected chi connectivity index (χ2v) is 8.90. The SMILES string of the molecule is CN=C(NCC(C)(C)NS(C)(=O)=O)N(C)Cc1cc(OC)c(OC)cc1C.I. The molecule has 0 aromatic heterocycles. The highest BCUT2D eigenvalue weighted by Crippen LogP contribution is 2.30. The molecular formula is C18H33IN4O4S. The number of benzene rings is 1. The Morgan fingerprint density at radius 3 is 2.21 bits per heavy atom. The molecule has 1 aromatic carbocycles. The summed E-state index contributed by atoms with van der Waals surface area (Å²) in [6, 6.07) is 3.89. The van der Waals surface area contributed by atoms with Crippen molar-refractivity contribution < 1.29 is 17.9 Å². The van der Waals surface area contributed by atoms with Gasteiger partial charge in [-0.25, -0.2) is 13.1 Å². The van der Waals surface area contributed by atoms with Gasteiger partial charge in [0.25, 0.3) is 0 Å². The van der Waals surface area contributed by atoms with Gasteiger partial charge in [-0.2, -0.15) is 0 Å². The first-order chi connectivity index (χ1) is 12.4. The van der Waals surface area contributed by atoms with Crippen LogP contribution in [0, 0.1) is 6.92 Å². The minimum atomic E-state index is -3.29. The quantitative estimate of drug-likeness (QED) is 0.305. The molecule has 0 aliphatic carbocycles. The molecule has 0 radical (unpaired) electrons. The Labute approximate surface area is 186 Å². The topological polar surface area (TPSA) is 92.3 Å². The number of aliphatic imine (C=N–C) groups is 1. The molecule has 10 heteroatoms. The van der Waals surface area contributed by atoms with Gasteiger partial charge >= 0.3 is 0 Å². The Morgan fingerprint density at radius 1 is 1.21 bits per heavy atom. The molecule has 1 rings (SSSR count). The van der Waals surface area contributed by atoms with Crippen LogP contribution in [0.15, 0.2) is 17.1 Å². The number of guanidine groups is 1. The zero-order chi connectivity index (χ0) is 20.8. The maximum atomic E-state index is 11.5. The van der Waals surface area contributed by atoms with Gasteiger partial charge in [0, 0.05) is 32.7 Å². The average molecular weight is 528 g/mol. The molecule has 0 aliphatic rings. The maximum absolute atomic E-state index is 11.5. The molecule has 0 unspecified atom stereocenters. The number of nitrogens with one attached hydrogen (secondary N) is 2. The lowest BCUT2D eigenvalue weighted by molar-refractivity contribution is 0.353. The van der Waals surface area contributed by atoms with E-state index in [0.29, 0.717) is 30.5 Å². The van der Waals surface area contributed by atoms with Crippen LogP contribution in [0.1, 0.15) is 25.0 Å². The number of hydrogen-bond acceptors (Lipinski definition) is 5. The monoisotopic (exact) mass is 528 g/mol. The second kappa shape index (κ2) is 11.1. The molecule has 8 nitrogen and oxygen atoms in total. The van der Waals surface area contributed by atoms with Crippen molar-refractivity contribution in [1.29, 1.82) is 0 Å². The molecule has 28 heavy (non-hydrogen) atoms. The van der Waals surface area contributed by atoms with E-state index in [1.807, 2.05) is 44.9 Å². The van der Waals surface area contributed by atoms with E-state index in [1.165, 1.54) is 0 Å². The predicted octanol–water partition coefficient (Wildman–Crippen LogP) is 1.97. The molecule has 1 aromatic rings. The van der Waals surface area contributed by atoms with Crippen LogP contribution in [0.5, 0.6) is 11.5 Å². The highest BCUT2D eigenvalue weighted by Gasteiger charge is 2.23. The zero-order valence-corrected chi connectivity index (χ0v) is 21.1. The van der Waals surface area contributed by atoms with Crippen molar-refractivity contribution in [3.8, 4) is 11.5 Å². The molecule has 0 spiro atoms. The number of aryl methyl sites for hydroxylation is 1. The summed E-state index contributed by atoms with van der Waals surface area (Å²) in [5, 5.41) is 3.22. The van der Waals surface area contributed by atoms with Crippen LogP contribution >= 0.6 is 24.0 Å². The van der Waals surface area contributed by atoms with Crippen molar-refractivity contribution in [3.63, 3.8) is 0 Å². The summed E-state index contributed by atoms with van der Waals surface area (Å²) in [5.74, 6) is 2.03. The van der Waals surface area contributed by atoms with E-state index in [-0.39, 0.29) is 24.0 Å². The molecule has 2 N–H and O–H groups in total. The molecule has 0 aliphatic heterocycles. The fourth-order valence-electron chi connectivity index (χ4n) is 2.75. The molecule has 0 saturated carbocycles. The summed E-state index contributed by atoms with van der Waals surface area (Å²) in [7, 11) is 3.54. The first-order valence-corrected chi connectivity index (χ1v) is 10.4. The lowest BCUT2D eigenvalue weighted by Gasteiger charge is -2.29. The first-order valence-electron chi connectivity index (χ1n) is 8.54.